The predicted molar refractivity (Wildman–Crippen MR) is 203 cm³/mol. The second-order valence-electron chi connectivity index (χ2n) is 13.5. The number of amides is 1. The van der Waals surface area contributed by atoms with Gasteiger partial charge in [0.2, 0.25) is 5.91 Å². The minimum atomic E-state index is -4.33. The van der Waals surface area contributed by atoms with Crippen LogP contribution in [0.15, 0.2) is 24.3 Å². The van der Waals surface area contributed by atoms with Gasteiger partial charge >= 0.3 is 7.82 Å². The monoisotopic (exact) mass is 701 g/mol. The summed E-state index contributed by atoms with van der Waals surface area (Å²) in [7, 11) is -4.33. The van der Waals surface area contributed by atoms with E-state index in [0.717, 1.165) is 38.5 Å². The van der Waals surface area contributed by atoms with Crippen molar-refractivity contribution < 1.29 is 28.4 Å². The van der Waals surface area contributed by atoms with Gasteiger partial charge in [-0.25, -0.2) is 4.57 Å². The molecule has 0 spiro atoms. The number of nitrogens with one attached hydrogen (secondary N) is 1. The minimum Gasteiger partial charge on any atom is -0.387 e. The zero-order valence-electron chi connectivity index (χ0n) is 31.2. The van der Waals surface area contributed by atoms with Gasteiger partial charge in [-0.2, -0.15) is 0 Å². The van der Waals surface area contributed by atoms with E-state index >= 15 is 0 Å². The van der Waals surface area contributed by atoms with Crippen LogP contribution in [0.5, 0.6) is 0 Å². The van der Waals surface area contributed by atoms with E-state index in [1.165, 1.54) is 128 Å². The Morgan fingerprint density at radius 2 is 1.10 bits per heavy atom. The fourth-order valence-corrected chi connectivity index (χ4v) is 6.48. The Labute approximate surface area is 296 Å². The molecular formula is C39H77N2O6P. The lowest BCUT2D eigenvalue weighted by atomic mass is 10.0. The maximum atomic E-state index is 12.7. The number of hydrogen-bond donors (Lipinski definition) is 4. The SMILES string of the molecule is CCCC/C=C/CC/C=C/C(O)C(COP(=O)(O)OCCN)NC(=O)CCCCCCCCCCCCCCCCCCCCCCC. The summed E-state index contributed by atoms with van der Waals surface area (Å²) in [5.74, 6) is -0.205. The van der Waals surface area contributed by atoms with Gasteiger partial charge in [-0.1, -0.05) is 179 Å². The number of aliphatic hydroxyl groups excluding tert-OH is 1. The van der Waals surface area contributed by atoms with Crippen molar-refractivity contribution in [3.05, 3.63) is 24.3 Å². The van der Waals surface area contributed by atoms with E-state index in [-0.39, 0.29) is 25.7 Å². The number of unbranched alkanes of at least 4 members (excludes halogenated alkanes) is 23. The molecule has 3 atom stereocenters. The first kappa shape index (κ1) is 47.0. The maximum absolute atomic E-state index is 12.7. The standard InChI is InChI=1S/C39H77N2O6P/c1-3-5-7-9-11-13-14-15-16-17-18-19-20-21-22-23-24-25-27-29-31-33-39(43)41-37(36-47-48(44,45)46-35-34-40)38(42)32-30-28-26-12-10-8-6-4-2/h10,12,30,32,37-38,42H,3-9,11,13-29,31,33-36,40H2,1-2H3,(H,41,43)(H,44,45)/b12-10+,32-30+. The van der Waals surface area contributed by atoms with Crippen molar-refractivity contribution in [2.45, 2.75) is 199 Å². The summed E-state index contributed by atoms with van der Waals surface area (Å²) in [6.07, 6.45) is 39.7. The van der Waals surface area contributed by atoms with Crippen LogP contribution in [0, 0.1) is 0 Å². The van der Waals surface area contributed by atoms with Crippen LogP contribution in [-0.2, 0) is 18.4 Å². The number of phosphoric ester groups is 1. The van der Waals surface area contributed by atoms with Crippen LogP contribution in [-0.4, -0.2) is 47.8 Å². The lowest BCUT2D eigenvalue weighted by Crippen LogP contribution is -2.45. The number of hydrogen-bond acceptors (Lipinski definition) is 6. The van der Waals surface area contributed by atoms with E-state index in [1.807, 2.05) is 6.08 Å². The molecule has 1 amide bonds. The smallest absolute Gasteiger partial charge is 0.387 e. The molecule has 0 aliphatic carbocycles. The van der Waals surface area contributed by atoms with Gasteiger partial charge in [0.15, 0.2) is 0 Å². The van der Waals surface area contributed by atoms with Crippen LogP contribution >= 0.6 is 7.82 Å². The Balaban J connectivity index is 4.05. The average Bonchev–Trinajstić information content (AvgIpc) is 3.07. The molecule has 5 N–H and O–H groups in total. The molecule has 8 nitrogen and oxygen atoms in total. The first-order valence-corrected chi connectivity index (χ1v) is 21.5. The molecule has 0 saturated carbocycles. The molecule has 0 radical (unpaired) electrons. The van der Waals surface area contributed by atoms with Crippen molar-refractivity contribution in [1.29, 1.82) is 0 Å². The fourth-order valence-electron chi connectivity index (χ4n) is 5.72. The van der Waals surface area contributed by atoms with Gasteiger partial charge in [-0.3, -0.25) is 13.8 Å². The maximum Gasteiger partial charge on any atom is 0.472 e. The van der Waals surface area contributed by atoms with E-state index in [0.29, 0.717) is 6.42 Å². The molecule has 9 heteroatoms. The van der Waals surface area contributed by atoms with Crippen LogP contribution in [0.3, 0.4) is 0 Å². The van der Waals surface area contributed by atoms with Gasteiger partial charge in [0, 0.05) is 13.0 Å². The molecule has 0 aromatic carbocycles. The molecular weight excluding hydrogens is 623 g/mol. The van der Waals surface area contributed by atoms with Gasteiger partial charge in [0.05, 0.1) is 25.4 Å². The summed E-state index contributed by atoms with van der Waals surface area (Å²) in [5.41, 5.74) is 5.34. The summed E-state index contributed by atoms with van der Waals surface area (Å²) < 4.78 is 22.0. The first-order valence-electron chi connectivity index (χ1n) is 20.0. The van der Waals surface area contributed by atoms with Crippen molar-refractivity contribution in [3.8, 4) is 0 Å². The summed E-state index contributed by atoms with van der Waals surface area (Å²) in [6.45, 7) is 4.04. The molecule has 0 heterocycles. The molecule has 48 heavy (non-hydrogen) atoms. The zero-order valence-corrected chi connectivity index (χ0v) is 32.1. The molecule has 0 fully saturated rings. The first-order chi connectivity index (χ1) is 23.4. The Morgan fingerprint density at radius 1 is 0.667 bits per heavy atom. The largest absolute Gasteiger partial charge is 0.472 e. The summed E-state index contributed by atoms with van der Waals surface area (Å²) in [5, 5.41) is 13.5. The molecule has 0 aromatic rings. The number of nitrogens with two attached hydrogens (primary N) is 1. The highest BCUT2D eigenvalue weighted by Crippen LogP contribution is 2.43. The third kappa shape index (κ3) is 33.5. The van der Waals surface area contributed by atoms with Crippen molar-refractivity contribution in [2.75, 3.05) is 19.8 Å². The van der Waals surface area contributed by atoms with Crippen LogP contribution in [0.25, 0.3) is 0 Å². The van der Waals surface area contributed by atoms with E-state index in [9.17, 15) is 19.4 Å². The highest BCUT2D eigenvalue weighted by Gasteiger charge is 2.26. The fraction of sp³-hybridized carbons (Fsp3) is 0.872. The number of carbonyl (C=O) groups excluding carboxylic acids is 1. The normalized spacial score (nSPS) is 14.5. The van der Waals surface area contributed by atoms with E-state index < -0.39 is 20.0 Å². The lowest BCUT2D eigenvalue weighted by Gasteiger charge is -2.23. The molecule has 0 bridgehead atoms. The van der Waals surface area contributed by atoms with Gasteiger partial charge in [-0.05, 0) is 25.7 Å². The van der Waals surface area contributed by atoms with Crippen LogP contribution in [0.2, 0.25) is 0 Å². The van der Waals surface area contributed by atoms with Crippen LogP contribution in [0.1, 0.15) is 187 Å². The lowest BCUT2D eigenvalue weighted by molar-refractivity contribution is -0.123. The minimum absolute atomic E-state index is 0.0752. The molecule has 0 aliphatic heterocycles. The highest BCUT2D eigenvalue weighted by atomic mass is 31.2. The number of rotatable bonds is 37. The molecule has 0 aliphatic rings. The molecule has 0 aromatic heterocycles. The topological polar surface area (TPSA) is 131 Å². The molecule has 0 saturated heterocycles. The third-order valence-corrected chi connectivity index (χ3v) is 9.76. The Kier molecular flexibility index (Phi) is 35.0. The van der Waals surface area contributed by atoms with E-state index in [2.05, 4.69) is 31.3 Å². The van der Waals surface area contributed by atoms with Gasteiger partial charge in [-0.15, -0.1) is 0 Å². The van der Waals surface area contributed by atoms with E-state index in [1.54, 1.807) is 6.08 Å². The van der Waals surface area contributed by atoms with Crippen molar-refractivity contribution in [1.82, 2.24) is 5.32 Å². The van der Waals surface area contributed by atoms with Crippen LogP contribution < -0.4 is 11.1 Å². The zero-order chi connectivity index (χ0) is 35.4. The van der Waals surface area contributed by atoms with Gasteiger partial charge < -0.3 is 21.1 Å². The van der Waals surface area contributed by atoms with Crippen molar-refractivity contribution >= 4 is 13.7 Å². The van der Waals surface area contributed by atoms with E-state index in [4.69, 9.17) is 14.8 Å². The van der Waals surface area contributed by atoms with Gasteiger partial charge in [0.25, 0.3) is 0 Å². The van der Waals surface area contributed by atoms with Crippen molar-refractivity contribution in [3.63, 3.8) is 0 Å². The highest BCUT2D eigenvalue weighted by molar-refractivity contribution is 7.47. The number of aliphatic hydroxyl groups is 1. The Hall–Kier alpha value is -1.02. The van der Waals surface area contributed by atoms with Crippen molar-refractivity contribution in [2.24, 2.45) is 5.73 Å². The summed E-state index contributed by atoms with van der Waals surface area (Å²) >= 11 is 0. The second kappa shape index (κ2) is 35.8. The average molecular weight is 701 g/mol. The second-order valence-corrected chi connectivity index (χ2v) is 14.9. The third-order valence-electron chi connectivity index (χ3n) is 8.78. The Morgan fingerprint density at radius 3 is 1.58 bits per heavy atom. The molecule has 3 unspecified atom stereocenters. The summed E-state index contributed by atoms with van der Waals surface area (Å²) in [4.78, 5) is 22.5. The van der Waals surface area contributed by atoms with Gasteiger partial charge in [0.1, 0.15) is 0 Å². The molecule has 284 valence electrons. The molecule has 0 rings (SSSR count). The number of allylic oxidation sites excluding steroid dienone is 3. The Bertz CT molecular complexity index is 809. The quantitative estimate of drug-likeness (QED) is 0.0288. The summed E-state index contributed by atoms with van der Waals surface area (Å²) in [6, 6.07) is -0.870. The number of phosphoric acid groups is 1. The van der Waals surface area contributed by atoms with Crippen LogP contribution in [0.4, 0.5) is 0 Å². The number of carbonyl (C=O) groups is 1. The predicted octanol–water partition coefficient (Wildman–Crippen LogP) is 10.6.